The zero-order chi connectivity index (χ0) is 21.2. The maximum Gasteiger partial charge on any atom is 0.257 e. The number of carbonyl (C=O) groups is 1. The molecule has 7 nitrogen and oxygen atoms in total. The standard InChI is InChI=1S/C24H28N4O3/c29-21-15-28(24(30)20-14-26-27-23(20)17-4-2-1-3-5-17)11-9-22(21)31-19-7-6-16-8-10-25-13-18(16)12-19/h6-8,10,12-14,17,21-22,29H,1-5,9,11,15H2,(H,26,27)/t21-,22-/m1/s1. The number of carbonyl (C=O) groups excluding carboxylic acids is 1. The van der Waals surface area contributed by atoms with Gasteiger partial charge in [0.25, 0.3) is 5.91 Å². The second-order valence-corrected chi connectivity index (χ2v) is 8.68. The number of amides is 1. The van der Waals surface area contributed by atoms with E-state index in [-0.39, 0.29) is 18.6 Å². The maximum atomic E-state index is 13.2. The Morgan fingerprint density at radius 2 is 1.97 bits per heavy atom. The Morgan fingerprint density at radius 3 is 2.81 bits per heavy atom. The van der Waals surface area contributed by atoms with Crippen LogP contribution in [0.15, 0.2) is 42.9 Å². The van der Waals surface area contributed by atoms with E-state index in [9.17, 15) is 9.90 Å². The lowest BCUT2D eigenvalue weighted by atomic mass is 9.85. The number of hydrogen-bond donors (Lipinski definition) is 2. The highest BCUT2D eigenvalue weighted by atomic mass is 16.5. The topological polar surface area (TPSA) is 91.3 Å². The molecule has 2 aliphatic rings. The predicted octanol–water partition coefficient (Wildman–Crippen LogP) is 3.66. The van der Waals surface area contributed by atoms with Crippen LogP contribution in [0.4, 0.5) is 0 Å². The van der Waals surface area contributed by atoms with Crippen molar-refractivity contribution in [2.75, 3.05) is 13.1 Å². The SMILES string of the molecule is O=C(c1cn[nH]c1C1CCCCC1)N1CC[C@@H](Oc2ccc3ccncc3c2)[C@H](O)C1. The van der Waals surface area contributed by atoms with Crippen molar-refractivity contribution in [1.82, 2.24) is 20.1 Å². The Bertz CT molecular complexity index is 1060. The Labute approximate surface area is 181 Å². The highest BCUT2D eigenvalue weighted by molar-refractivity contribution is 5.95. The first-order chi connectivity index (χ1) is 15.2. The average Bonchev–Trinajstić information content (AvgIpc) is 3.30. The van der Waals surface area contributed by atoms with Gasteiger partial charge in [-0.05, 0) is 36.4 Å². The highest BCUT2D eigenvalue weighted by Gasteiger charge is 2.34. The number of hydrogen-bond acceptors (Lipinski definition) is 5. The van der Waals surface area contributed by atoms with Crippen molar-refractivity contribution < 1.29 is 14.6 Å². The Kier molecular flexibility index (Phi) is 5.59. The zero-order valence-electron chi connectivity index (χ0n) is 17.5. The van der Waals surface area contributed by atoms with Gasteiger partial charge in [0.1, 0.15) is 18.0 Å². The summed E-state index contributed by atoms with van der Waals surface area (Å²) in [7, 11) is 0. The van der Waals surface area contributed by atoms with E-state index in [2.05, 4.69) is 15.2 Å². The van der Waals surface area contributed by atoms with E-state index in [1.165, 1.54) is 19.3 Å². The molecule has 31 heavy (non-hydrogen) atoms. The van der Waals surface area contributed by atoms with Crippen molar-refractivity contribution in [3.63, 3.8) is 0 Å². The molecule has 1 saturated carbocycles. The molecule has 2 aromatic heterocycles. The van der Waals surface area contributed by atoms with Gasteiger partial charge in [0.15, 0.2) is 0 Å². The predicted molar refractivity (Wildman–Crippen MR) is 117 cm³/mol. The van der Waals surface area contributed by atoms with Crippen LogP contribution in [0.3, 0.4) is 0 Å². The summed E-state index contributed by atoms with van der Waals surface area (Å²) in [6, 6.07) is 7.79. The number of ether oxygens (including phenoxy) is 1. The normalized spacial score (nSPS) is 22.5. The molecule has 0 bridgehead atoms. The van der Waals surface area contributed by atoms with Crippen LogP contribution in [0, 0.1) is 0 Å². The average molecular weight is 421 g/mol. The largest absolute Gasteiger partial charge is 0.488 e. The molecule has 0 unspecified atom stereocenters. The number of aliphatic hydroxyl groups is 1. The summed E-state index contributed by atoms with van der Waals surface area (Å²) < 4.78 is 6.08. The van der Waals surface area contributed by atoms with Crippen LogP contribution in [-0.2, 0) is 0 Å². The summed E-state index contributed by atoms with van der Waals surface area (Å²) in [5.41, 5.74) is 1.61. The molecule has 2 N–H and O–H groups in total. The van der Waals surface area contributed by atoms with Crippen molar-refractivity contribution in [2.24, 2.45) is 0 Å². The summed E-state index contributed by atoms with van der Waals surface area (Å²) in [5.74, 6) is 1.03. The molecule has 2 fully saturated rings. The van der Waals surface area contributed by atoms with E-state index in [1.54, 1.807) is 23.5 Å². The first kappa shape index (κ1) is 20.0. The molecule has 5 rings (SSSR count). The van der Waals surface area contributed by atoms with E-state index >= 15 is 0 Å². The quantitative estimate of drug-likeness (QED) is 0.672. The molecular formula is C24H28N4O3. The first-order valence-electron chi connectivity index (χ1n) is 11.2. The number of nitrogens with zero attached hydrogens (tertiary/aromatic N) is 3. The van der Waals surface area contributed by atoms with Gasteiger partial charge in [-0.2, -0.15) is 5.10 Å². The molecule has 2 atom stereocenters. The fraction of sp³-hybridized carbons (Fsp3) is 0.458. The van der Waals surface area contributed by atoms with E-state index in [1.807, 2.05) is 24.3 Å². The molecule has 1 aromatic carbocycles. The van der Waals surface area contributed by atoms with E-state index in [4.69, 9.17) is 4.74 Å². The number of pyridine rings is 1. The van der Waals surface area contributed by atoms with E-state index in [0.29, 0.717) is 30.2 Å². The summed E-state index contributed by atoms with van der Waals surface area (Å²) in [5, 5.41) is 20.1. The monoisotopic (exact) mass is 420 g/mol. The highest BCUT2D eigenvalue weighted by Crippen LogP contribution is 2.34. The van der Waals surface area contributed by atoms with Crippen molar-refractivity contribution in [2.45, 2.75) is 56.7 Å². The molecule has 7 heteroatoms. The number of nitrogens with one attached hydrogen (secondary N) is 1. The summed E-state index contributed by atoms with van der Waals surface area (Å²) >= 11 is 0. The van der Waals surface area contributed by atoms with Crippen LogP contribution in [0.25, 0.3) is 10.8 Å². The summed E-state index contributed by atoms with van der Waals surface area (Å²) in [4.78, 5) is 19.1. The number of H-pyrrole nitrogens is 1. The molecular weight excluding hydrogens is 392 g/mol. The van der Waals surface area contributed by atoms with Crippen LogP contribution in [0.1, 0.15) is 60.5 Å². The van der Waals surface area contributed by atoms with Crippen LogP contribution >= 0.6 is 0 Å². The van der Waals surface area contributed by atoms with Gasteiger partial charge < -0.3 is 14.7 Å². The number of fused-ring (bicyclic) bond motifs is 1. The molecule has 3 heterocycles. The number of benzene rings is 1. The van der Waals surface area contributed by atoms with Gasteiger partial charge in [0.05, 0.1) is 24.0 Å². The van der Waals surface area contributed by atoms with Crippen LogP contribution in [-0.4, -0.2) is 56.4 Å². The third-order valence-corrected chi connectivity index (χ3v) is 6.62. The Hall–Kier alpha value is -2.93. The number of piperidine rings is 1. The number of likely N-dealkylation sites (tertiary alicyclic amines) is 1. The third kappa shape index (κ3) is 4.14. The van der Waals surface area contributed by atoms with Gasteiger partial charge in [-0.1, -0.05) is 25.3 Å². The molecule has 1 aliphatic heterocycles. The minimum absolute atomic E-state index is 0.0522. The second-order valence-electron chi connectivity index (χ2n) is 8.68. The number of aromatic nitrogens is 3. The smallest absolute Gasteiger partial charge is 0.257 e. The van der Waals surface area contributed by atoms with Gasteiger partial charge in [-0.25, -0.2) is 0 Å². The van der Waals surface area contributed by atoms with Crippen LogP contribution in [0.5, 0.6) is 5.75 Å². The van der Waals surface area contributed by atoms with Gasteiger partial charge in [0, 0.05) is 36.7 Å². The van der Waals surface area contributed by atoms with Crippen molar-refractivity contribution in [3.05, 3.63) is 54.1 Å². The minimum atomic E-state index is -0.743. The molecule has 3 aromatic rings. The van der Waals surface area contributed by atoms with Crippen molar-refractivity contribution in [1.29, 1.82) is 0 Å². The Balaban J connectivity index is 1.24. The minimum Gasteiger partial charge on any atom is -0.488 e. The van der Waals surface area contributed by atoms with Gasteiger partial charge in [-0.15, -0.1) is 0 Å². The lowest BCUT2D eigenvalue weighted by molar-refractivity contribution is -0.0198. The first-order valence-corrected chi connectivity index (χ1v) is 11.2. The second kappa shape index (κ2) is 8.67. The molecule has 1 amide bonds. The lowest BCUT2D eigenvalue weighted by Crippen LogP contribution is -2.51. The van der Waals surface area contributed by atoms with Crippen molar-refractivity contribution >= 4 is 16.7 Å². The fourth-order valence-electron chi connectivity index (χ4n) is 4.88. The lowest BCUT2D eigenvalue weighted by Gasteiger charge is -2.36. The van der Waals surface area contributed by atoms with Crippen molar-refractivity contribution in [3.8, 4) is 5.75 Å². The molecule has 0 spiro atoms. The summed E-state index contributed by atoms with van der Waals surface area (Å²) in [6.45, 7) is 0.804. The number of β-amino-alcohol motifs (C(OH)–C–C–N with tert-alkyl or cyclic N) is 1. The zero-order valence-corrected chi connectivity index (χ0v) is 17.5. The number of rotatable bonds is 4. The third-order valence-electron chi connectivity index (χ3n) is 6.62. The van der Waals surface area contributed by atoms with Crippen LogP contribution in [0.2, 0.25) is 0 Å². The van der Waals surface area contributed by atoms with Gasteiger partial charge in [-0.3, -0.25) is 14.9 Å². The Morgan fingerprint density at radius 1 is 1.10 bits per heavy atom. The molecule has 0 radical (unpaired) electrons. The number of aromatic amines is 1. The fourth-order valence-corrected chi connectivity index (χ4v) is 4.88. The van der Waals surface area contributed by atoms with Crippen LogP contribution < -0.4 is 4.74 Å². The molecule has 1 aliphatic carbocycles. The van der Waals surface area contributed by atoms with E-state index in [0.717, 1.165) is 29.3 Å². The molecule has 162 valence electrons. The summed E-state index contributed by atoms with van der Waals surface area (Å²) in [6.07, 6.45) is 10.6. The van der Waals surface area contributed by atoms with Gasteiger partial charge >= 0.3 is 0 Å². The van der Waals surface area contributed by atoms with E-state index < -0.39 is 6.10 Å². The van der Waals surface area contributed by atoms with Gasteiger partial charge in [0.2, 0.25) is 0 Å². The molecule has 1 saturated heterocycles. The number of aliphatic hydroxyl groups excluding tert-OH is 1. The maximum absolute atomic E-state index is 13.2.